The number of nitrogens with one attached hydrogen (secondary N) is 4. The van der Waals surface area contributed by atoms with E-state index < -0.39 is 0 Å². The summed E-state index contributed by atoms with van der Waals surface area (Å²) in [5.74, 6) is 0.850. The first-order valence-electron chi connectivity index (χ1n) is 9.42. The maximum Gasteiger partial charge on any atom is 0.321 e. The van der Waals surface area contributed by atoms with Gasteiger partial charge in [0.1, 0.15) is 0 Å². The number of hydrogen-bond donors (Lipinski definition) is 4. The Bertz CT molecular complexity index is 741. The van der Waals surface area contributed by atoms with Crippen LogP contribution in [0.3, 0.4) is 0 Å². The van der Waals surface area contributed by atoms with Crippen LogP contribution >= 0.6 is 22.7 Å². The van der Waals surface area contributed by atoms with Crippen molar-refractivity contribution in [3.05, 3.63) is 22.1 Å². The van der Waals surface area contributed by atoms with Crippen LogP contribution in [0, 0.1) is 25.7 Å². The Balaban J connectivity index is 1.35. The average Bonchev–Trinajstić information content (AvgIpc) is 3.26. The highest BCUT2D eigenvalue weighted by Gasteiger charge is 2.23. The molecule has 0 aliphatic heterocycles. The number of carbonyl (C=O) groups is 2. The lowest BCUT2D eigenvalue weighted by molar-refractivity contribution is 0.230. The molecular weight excluding hydrogens is 396 g/mol. The first kappa shape index (κ1) is 20.5. The van der Waals surface area contributed by atoms with Crippen molar-refractivity contribution < 1.29 is 9.59 Å². The fourth-order valence-electron chi connectivity index (χ4n) is 3.35. The van der Waals surface area contributed by atoms with Crippen LogP contribution in [0.25, 0.3) is 0 Å². The van der Waals surface area contributed by atoms with Crippen molar-refractivity contribution in [3.63, 3.8) is 0 Å². The van der Waals surface area contributed by atoms with E-state index >= 15 is 0 Å². The molecule has 1 aliphatic rings. The summed E-state index contributed by atoms with van der Waals surface area (Å²) in [6, 6.07) is -0.430. The second-order valence-electron chi connectivity index (χ2n) is 7.16. The van der Waals surface area contributed by atoms with Gasteiger partial charge in [0.25, 0.3) is 0 Å². The number of carbonyl (C=O) groups excluding carboxylic acids is 2. The second-order valence-corrected chi connectivity index (χ2v) is 8.87. The zero-order valence-corrected chi connectivity index (χ0v) is 17.7. The summed E-state index contributed by atoms with van der Waals surface area (Å²) < 4.78 is 0. The molecule has 2 aromatic rings. The van der Waals surface area contributed by atoms with Crippen molar-refractivity contribution in [3.8, 4) is 0 Å². The number of amides is 4. The van der Waals surface area contributed by atoms with E-state index in [0.29, 0.717) is 35.2 Å². The molecule has 0 unspecified atom stereocenters. The van der Waals surface area contributed by atoms with Gasteiger partial charge in [-0.05, 0) is 44.9 Å². The number of hydrogen-bond acceptors (Lipinski definition) is 6. The molecule has 0 radical (unpaired) electrons. The third kappa shape index (κ3) is 6.45. The number of aryl methyl sites for hydroxylation is 2. The van der Waals surface area contributed by atoms with Crippen molar-refractivity contribution in [1.82, 2.24) is 20.6 Å². The molecule has 0 aromatic carbocycles. The Kier molecular flexibility index (Phi) is 7.21. The van der Waals surface area contributed by atoms with Crippen LogP contribution in [-0.2, 0) is 0 Å². The van der Waals surface area contributed by atoms with Crippen LogP contribution in [0.5, 0.6) is 0 Å². The molecule has 1 aliphatic carbocycles. The Morgan fingerprint density at radius 2 is 1.39 bits per heavy atom. The average molecular weight is 423 g/mol. The Labute approximate surface area is 172 Å². The summed E-state index contributed by atoms with van der Waals surface area (Å²) in [5, 5.41) is 16.4. The first-order chi connectivity index (χ1) is 13.5. The minimum Gasteiger partial charge on any atom is -0.338 e. The van der Waals surface area contributed by atoms with Crippen LogP contribution in [-0.4, -0.2) is 35.1 Å². The van der Waals surface area contributed by atoms with Crippen molar-refractivity contribution in [2.75, 3.05) is 23.7 Å². The van der Waals surface area contributed by atoms with Gasteiger partial charge in [-0.3, -0.25) is 10.6 Å². The van der Waals surface area contributed by atoms with Gasteiger partial charge >= 0.3 is 12.1 Å². The first-order valence-corrected chi connectivity index (χ1v) is 11.2. The molecule has 4 N–H and O–H groups in total. The van der Waals surface area contributed by atoms with Crippen molar-refractivity contribution in [2.24, 2.45) is 11.8 Å². The fourth-order valence-corrected chi connectivity index (χ4v) is 4.72. The molecule has 10 heteroatoms. The van der Waals surface area contributed by atoms with E-state index in [1.54, 1.807) is 0 Å². The van der Waals surface area contributed by atoms with Crippen molar-refractivity contribution >= 4 is 45.0 Å². The largest absolute Gasteiger partial charge is 0.338 e. The highest BCUT2D eigenvalue weighted by atomic mass is 32.1. The van der Waals surface area contributed by atoms with E-state index in [2.05, 4.69) is 31.2 Å². The SMILES string of the molecule is Cc1csc(NC(=O)NC[C@H]2CCC[C@H](CNC(=O)Nc3nc(C)cs3)C2)n1. The highest BCUT2D eigenvalue weighted by Crippen LogP contribution is 2.28. The number of urea groups is 2. The van der Waals surface area contributed by atoms with E-state index in [1.807, 2.05) is 24.6 Å². The normalized spacial score (nSPS) is 19.1. The maximum atomic E-state index is 12.0. The summed E-state index contributed by atoms with van der Waals surface area (Å²) in [5.41, 5.74) is 1.80. The van der Waals surface area contributed by atoms with Gasteiger partial charge in [-0.1, -0.05) is 6.42 Å². The predicted octanol–water partition coefficient (Wildman–Crippen LogP) is 3.97. The molecule has 8 nitrogen and oxygen atoms in total. The van der Waals surface area contributed by atoms with Gasteiger partial charge in [-0.25, -0.2) is 19.6 Å². The standard InChI is InChI=1S/C18H26N6O2S2/c1-11-9-27-17(21-11)23-15(25)19-7-13-4-3-5-14(6-13)8-20-16(26)24-18-22-12(2)10-28-18/h9-10,13-14H,3-8H2,1-2H3,(H2,19,21,23,25)(H2,20,22,24,26)/t13-,14-/m0/s1. The molecule has 2 atom stereocenters. The molecule has 152 valence electrons. The number of aromatic nitrogens is 2. The molecule has 2 heterocycles. The van der Waals surface area contributed by atoms with Gasteiger partial charge in [-0.15, -0.1) is 22.7 Å². The van der Waals surface area contributed by atoms with Crippen LogP contribution in [0.4, 0.5) is 19.9 Å². The quantitative estimate of drug-likeness (QED) is 0.565. The molecule has 2 aromatic heterocycles. The smallest absolute Gasteiger partial charge is 0.321 e. The summed E-state index contributed by atoms with van der Waals surface area (Å²) in [6.07, 6.45) is 4.29. The van der Waals surface area contributed by atoms with E-state index in [4.69, 9.17) is 0 Å². The fraction of sp³-hybridized carbons (Fsp3) is 0.556. The highest BCUT2D eigenvalue weighted by molar-refractivity contribution is 7.14. The molecule has 4 amide bonds. The summed E-state index contributed by atoms with van der Waals surface area (Å²) in [4.78, 5) is 32.5. The molecule has 0 bridgehead atoms. The molecular formula is C18H26N6O2S2. The van der Waals surface area contributed by atoms with Crippen LogP contribution < -0.4 is 21.3 Å². The van der Waals surface area contributed by atoms with Crippen molar-refractivity contribution in [2.45, 2.75) is 39.5 Å². The minimum absolute atomic E-state index is 0.215. The third-order valence-electron chi connectivity index (χ3n) is 4.67. The summed E-state index contributed by atoms with van der Waals surface area (Å²) in [7, 11) is 0. The Hall–Kier alpha value is -2.20. The minimum atomic E-state index is -0.215. The zero-order chi connectivity index (χ0) is 19.9. The molecule has 28 heavy (non-hydrogen) atoms. The number of thiazole rings is 2. The maximum absolute atomic E-state index is 12.0. The molecule has 0 saturated heterocycles. The van der Waals surface area contributed by atoms with Gasteiger partial charge in [0, 0.05) is 23.8 Å². The zero-order valence-electron chi connectivity index (χ0n) is 16.1. The number of rotatable bonds is 6. The molecule has 3 rings (SSSR count). The van der Waals surface area contributed by atoms with Gasteiger partial charge in [0.2, 0.25) is 0 Å². The number of anilines is 2. The summed E-state index contributed by atoms with van der Waals surface area (Å²) in [6.45, 7) is 5.07. The van der Waals surface area contributed by atoms with Gasteiger partial charge in [0.05, 0.1) is 11.4 Å². The van der Waals surface area contributed by atoms with Crippen LogP contribution in [0.15, 0.2) is 10.8 Å². The van der Waals surface area contributed by atoms with Gasteiger partial charge in [0.15, 0.2) is 10.3 Å². The van der Waals surface area contributed by atoms with Gasteiger partial charge < -0.3 is 10.6 Å². The lowest BCUT2D eigenvalue weighted by Crippen LogP contribution is -2.38. The second kappa shape index (κ2) is 9.83. The van der Waals surface area contributed by atoms with E-state index in [9.17, 15) is 9.59 Å². The molecule has 1 fully saturated rings. The third-order valence-corrected chi connectivity index (χ3v) is 6.42. The van der Waals surface area contributed by atoms with Gasteiger partial charge in [-0.2, -0.15) is 0 Å². The van der Waals surface area contributed by atoms with E-state index in [1.165, 1.54) is 22.7 Å². The lowest BCUT2D eigenvalue weighted by atomic mass is 9.81. The number of nitrogens with zero attached hydrogens (tertiary/aromatic N) is 2. The van der Waals surface area contributed by atoms with Crippen molar-refractivity contribution in [1.29, 1.82) is 0 Å². The summed E-state index contributed by atoms with van der Waals surface area (Å²) >= 11 is 2.84. The van der Waals surface area contributed by atoms with E-state index in [-0.39, 0.29) is 12.1 Å². The van der Waals surface area contributed by atoms with E-state index in [0.717, 1.165) is 37.1 Å². The predicted molar refractivity (Wildman–Crippen MR) is 113 cm³/mol. The molecule has 0 spiro atoms. The van der Waals surface area contributed by atoms with Crippen LogP contribution in [0.1, 0.15) is 37.1 Å². The monoisotopic (exact) mass is 422 g/mol. The Morgan fingerprint density at radius 3 is 1.79 bits per heavy atom. The lowest BCUT2D eigenvalue weighted by Gasteiger charge is -2.29. The Morgan fingerprint density at radius 1 is 0.929 bits per heavy atom. The topological polar surface area (TPSA) is 108 Å². The van der Waals surface area contributed by atoms with Crippen LogP contribution in [0.2, 0.25) is 0 Å². The molecule has 1 saturated carbocycles.